The van der Waals surface area contributed by atoms with Gasteiger partial charge in [0.25, 0.3) is 0 Å². The zero-order chi connectivity index (χ0) is 8.55. The fourth-order valence-corrected chi connectivity index (χ4v) is 1.92. The third kappa shape index (κ3) is 1.99. The zero-order valence-corrected chi connectivity index (χ0v) is 10.2. The molecule has 2 rings (SSSR count). The van der Waals surface area contributed by atoms with Crippen LogP contribution in [0, 0.1) is 0 Å². The van der Waals surface area contributed by atoms with Gasteiger partial charge in [-0.15, -0.1) is 17.0 Å². The van der Waals surface area contributed by atoms with E-state index >= 15 is 0 Å². The molecule has 0 saturated carbocycles. The molecule has 13 heavy (non-hydrogen) atoms. The lowest BCUT2D eigenvalue weighted by atomic mass is 9.92. The number of pyridine rings is 1. The topological polar surface area (TPSA) is 30.0 Å². The van der Waals surface area contributed by atoms with Crippen molar-refractivity contribution in [3.05, 3.63) is 29.6 Å². The van der Waals surface area contributed by atoms with Crippen molar-refractivity contribution in [2.24, 2.45) is 0 Å². The number of fused-ring (bicyclic) bond motifs is 1. The number of alkyl halides is 1. The lowest BCUT2D eigenvalue weighted by Gasteiger charge is -2.17. The van der Waals surface area contributed by atoms with Crippen molar-refractivity contribution in [1.82, 2.24) is 4.98 Å². The van der Waals surface area contributed by atoms with Crippen LogP contribution in [-0.2, 0) is 6.42 Å². The summed E-state index contributed by atoms with van der Waals surface area (Å²) in [5, 5.41) is 0. The first-order chi connectivity index (χ1) is 5.79. The van der Waals surface area contributed by atoms with Crippen LogP contribution >= 0.6 is 32.9 Å². The molecule has 0 saturated heterocycles. The highest BCUT2D eigenvalue weighted by molar-refractivity contribution is 9.10. The minimum absolute atomic E-state index is 0. The molecule has 0 radical (unpaired) electrons. The lowest BCUT2D eigenvalue weighted by Crippen LogP contribution is -2.22. The number of carbonyl (C=O) groups excluding carboxylic acids is 1. The quantitative estimate of drug-likeness (QED) is 0.690. The number of nitrogens with zero attached hydrogens (tertiary/aromatic N) is 1. The average molecular weight is 307 g/mol. The van der Waals surface area contributed by atoms with E-state index in [0.29, 0.717) is 0 Å². The Labute approximate surface area is 95.6 Å². The molecule has 0 aliphatic heterocycles. The minimum Gasteiger partial charge on any atom is -0.293 e. The van der Waals surface area contributed by atoms with Crippen molar-refractivity contribution in [2.45, 2.75) is 17.7 Å². The summed E-state index contributed by atoms with van der Waals surface area (Å²) in [5.74, 6) is 0.171. The Kier molecular flexibility index (Phi) is 3.62. The van der Waals surface area contributed by atoms with Gasteiger partial charge in [-0.2, -0.15) is 0 Å². The second-order valence-corrected chi connectivity index (χ2v) is 4.01. The van der Waals surface area contributed by atoms with Crippen LogP contribution in [0.3, 0.4) is 0 Å². The van der Waals surface area contributed by atoms with E-state index in [9.17, 15) is 4.79 Å². The van der Waals surface area contributed by atoms with Crippen molar-refractivity contribution in [2.75, 3.05) is 0 Å². The molecule has 1 atom stereocenters. The van der Waals surface area contributed by atoms with E-state index in [0.717, 1.165) is 24.0 Å². The molecule has 1 aromatic heterocycles. The van der Waals surface area contributed by atoms with Crippen LogP contribution < -0.4 is 0 Å². The molecule has 0 fully saturated rings. The molecular formula is C9H9Br2NO. The van der Waals surface area contributed by atoms with Gasteiger partial charge in [-0.25, -0.2) is 0 Å². The van der Waals surface area contributed by atoms with Crippen LogP contribution in [0.25, 0.3) is 0 Å². The summed E-state index contributed by atoms with van der Waals surface area (Å²) in [6.45, 7) is 0. The number of carbonyl (C=O) groups is 1. The maximum absolute atomic E-state index is 11.5. The maximum atomic E-state index is 11.5. The van der Waals surface area contributed by atoms with Crippen LogP contribution in [0.4, 0.5) is 0 Å². The molecule has 1 aliphatic rings. The lowest BCUT2D eigenvalue weighted by molar-refractivity contribution is 0.0981. The van der Waals surface area contributed by atoms with Gasteiger partial charge in [0.15, 0.2) is 5.78 Å². The Morgan fingerprint density at radius 1 is 1.54 bits per heavy atom. The number of Topliss-reactive ketones (excluding diaryl/α,β-unsaturated/α-hetero) is 1. The first-order valence-electron chi connectivity index (χ1n) is 3.90. The molecule has 1 heterocycles. The Morgan fingerprint density at radius 2 is 2.31 bits per heavy atom. The average Bonchev–Trinajstić information content (AvgIpc) is 2.12. The smallest absolute Gasteiger partial charge is 0.178 e. The number of halogens is 2. The van der Waals surface area contributed by atoms with Crippen molar-refractivity contribution in [3.8, 4) is 0 Å². The molecule has 70 valence electrons. The SMILES string of the molecule is Br.O=C1c2cnccc2CCC1Br. The van der Waals surface area contributed by atoms with Crippen molar-refractivity contribution in [1.29, 1.82) is 0 Å². The second kappa shape index (κ2) is 4.33. The molecule has 1 unspecified atom stereocenters. The first kappa shape index (κ1) is 10.9. The van der Waals surface area contributed by atoms with Crippen LogP contribution in [-0.4, -0.2) is 15.6 Å². The van der Waals surface area contributed by atoms with Crippen LogP contribution in [0.15, 0.2) is 18.5 Å². The third-order valence-corrected chi connectivity index (χ3v) is 3.00. The summed E-state index contributed by atoms with van der Waals surface area (Å²) >= 11 is 3.35. The van der Waals surface area contributed by atoms with Gasteiger partial charge in [0, 0.05) is 18.0 Å². The predicted octanol–water partition coefficient (Wildman–Crippen LogP) is 2.55. The number of rotatable bonds is 0. The third-order valence-electron chi connectivity index (χ3n) is 2.13. The first-order valence-corrected chi connectivity index (χ1v) is 4.82. The Balaban J connectivity index is 0.000000845. The van der Waals surface area contributed by atoms with Crippen LogP contribution in [0.5, 0.6) is 0 Å². The van der Waals surface area contributed by atoms with Crippen LogP contribution in [0.1, 0.15) is 22.3 Å². The van der Waals surface area contributed by atoms with Gasteiger partial charge in [-0.05, 0) is 24.5 Å². The molecule has 2 nitrogen and oxygen atoms in total. The largest absolute Gasteiger partial charge is 0.293 e. The molecule has 0 amide bonds. The number of aryl methyl sites for hydroxylation is 1. The summed E-state index contributed by atoms with van der Waals surface area (Å²) in [5.41, 5.74) is 1.91. The van der Waals surface area contributed by atoms with Gasteiger partial charge in [-0.1, -0.05) is 15.9 Å². The van der Waals surface area contributed by atoms with Gasteiger partial charge in [-0.3, -0.25) is 9.78 Å². The van der Waals surface area contributed by atoms with E-state index < -0.39 is 0 Å². The van der Waals surface area contributed by atoms with E-state index in [4.69, 9.17) is 0 Å². The van der Waals surface area contributed by atoms with Gasteiger partial charge in [0.2, 0.25) is 0 Å². The zero-order valence-electron chi connectivity index (χ0n) is 6.87. The Hall–Kier alpha value is -0.220. The molecule has 1 aliphatic carbocycles. The monoisotopic (exact) mass is 305 g/mol. The van der Waals surface area contributed by atoms with E-state index in [1.165, 1.54) is 0 Å². The number of hydrogen-bond acceptors (Lipinski definition) is 2. The van der Waals surface area contributed by atoms with E-state index in [2.05, 4.69) is 20.9 Å². The summed E-state index contributed by atoms with van der Waals surface area (Å²) in [4.78, 5) is 15.5. The van der Waals surface area contributed by atoms with Gasteiger partial charge in [0.1, 0.15) is 0 Å². The summed E-state index contributed by atoms with van der Waals surface area (Å²) < 4.78 is 0. The van der Waals surface area contributed by atoms with Gasteiger partial charge < -0.3 is 0 Å². The standard InChI is InChI=1S/C9H8BrNO.BrH/c10-8-2-1-6-3-4-11-5-7(6)9(8)12;/h3-5,8H,1-2H2;1H. The molecule has 4 heteroatoms. The van der Waals surface area contributed by atoms with Crippen LogP contribution in [0.2, 0.25) is 0 Å². The number of aromatic nitrogens is 1. The summed E-state index contributed by atoms with van der Waals surface area (Å²) in [7, 11) is 0. The highest BCUT2D eigenvalue weighted by atomic mass is 79.9. The number of ketones is 1. The Bertz CT molecular complexity index is 327. The molecule has 0 bridgehead atoms. The highest BCUT2D eigenvalue weighted by Gasteiger charge is 2.24. The predicted molar refractivity (Wildman–Crippen MR) is 59.9 cm³/mol. The van der Waals surface area contributed by atoms with Gasteiger partial charge in [0.05, 0.1) is 4.83 Å². The van der Waals surface area contributed by atoms with E-state index in [1.807, 2.05) is 6.07 Å². The van der Waals surface area contributed by atoms with Crippen molar-refractivity contribution >= 4 is 38.7 Å². The molecule has 1 aromatic rings. The van der Waals surface area contributed by atoms with Crippen molar-refractivity contribution in [3.63, 3.8) is 0 Å². The molecular weight excluding hydrogens is 298 g/mol. The fraction of sp³-hybridized carbons (Fsp3) is 0.333. The molecule has 0 spiro atoms. The fourth-order valence-electron chi connectivity index (χ4n) is 1.45. The highest BCUT2D eigenvalue weighted by Crippen LogP contribution is 2.24. The van der Waals surface area contributed by atoms with Crippen molar-refractivity contribution < 1.29 is 4.79 Å². The molecule has 0 N–H and O–H groups in total. The van der Waals surface area contributed by atoms with E-state index in [-0.39, 0.29) is 27.6 Å². The normalized spacial score (nSPS) is 20.4. The Morgan fingerprint density at radius 3 is 3.08 bits per heavy atom. The summed E-state index contributed by atoms with van der Waals surface area (Å²) in [6, 6.07) is 1.92. The molecule has 0 aromatic carbocycles. The number of hydrogen-bond donors (Lipinski definition) is 0. The maximum Gasteiger partial charge on any atom is 0.178 e. The van der Waals surface area contributed by atoms with Gasteiger partial charge >= 0.3 is 0 Å². The van der Waals surface area contributed by atoms with E-state index in [1.54, 1.807) is 12.4 Å². The summed E-state index contributed by atoms with van der Waals surface area (Å²) in [6.07, 6.45) is 5.26. The minimum atomic E-state index is -0.00537. The second-order valence-electron chi connectivity index (χ2n) is 2.90.